The molecule has 0 saturated carbocycles. The van der Waals surface area contributed by atoms with Gasteiger partial charge in [0.15, 0.2) is 0 Å². The zero-order chi connectivity index (χ0) is 17.9. The van der Waals surface area contributed by atoms with E-state index in [0.29, 0.717) is 23.0 Å². The van der Waals surface area contributed by atoms with Gasteiger partial charge in [-0.3, -0.25) is 9.78 Å². The third-order valence-corrected chi connectivity index (χ3v) is 3.95. The fourth-order valence-corrected chi connectivity index (χ4v) is 2.62. The first-order chi connectivity index (χ1) is 12.7. The topological polar surface area (TPSA) is 95.6 Å². The molecule has 0 saturated heterocycles. The number of fused-ring (bicyclic) bond motifs is 1. The quantitative estimate of drug-likeness (QED) is 0.526. The molecule has 0 aliphatic rings. The van der Waals surface area contributed by atoms with Crippen LogP contribution in [-0.4, -0.2) is 27.0 Å². The number of hydrogen-bond acceptors (Lipinski definition) is 6. The molecule has 0 spiro atoms. The van der Waals surface area contributed by atoms with Crippen molar-refractivity contribution in [1.29, 1.82) is 0 Å². The maximum absolute atomic E-state index is 12.2. The van der Waals surface area contributed by atoms with Crippen molar-refractivity contribution < 1.29 is 0 Å². The van der Waals surface area contributed by atoms with Crippen LogP contribution in [0.2, 0.25) is 0 Å². The Kier molecular flexibility index (Phi) is 4.03. The lowest BCUT2D eigenvalue weighted by Crippen LogP contribution is -2.11. The summed E-state index contributed by atoms with van der Waals surface area (Å²) in [6.45, 7) is 0. The van der Waals surface area contributed by atoms with Crippen molar-refractivity contribution in [2.75, 3.05) is 17.7 Å². The van der Waals surface area contributed by atoms with Gasteiger partial charge in [-0.15, -0.1) is 0 Å². The molecule has 7 heteroatoms. The van der Waals surface area contributed by atoms with Gasteiger partial charge in [0.25, 0.3) is 5.56 Å². The molecular formula is C19H16N6O. The molecule has 0 aliphatic heterocycles. The van der Waals surface area contributed by atoms with Crippen molar-refractivity contribution in [3.8, 4) is 11.3 Å². The lowest BCUT2D eigenvalue weighted by atomic mass is 10.2. The molecular weight excluding hydrogens is 328 g/mol. The fourth-order valence-electron chi connectivity index (χ4n) is 2.62. The number of benzene rings is 1. The molecule has 3 aromatic heterocycles. The van der Waals surface area contributed by atoms with Crippen LogP contribution < -0.4 is 16.2 Å². The molecule has 7 nitrogen and oxygen atoms in total. The minimum Gasteiger partial charge on any atom is -0.372 e. The third-order valence-electron chi connectivity index (χ3n) is 3.95. The number of rotatable bonds is 4. The van der Waals surface area contributed by atoms with Crippen LogP contribution in [0.5, 0.6) is 0 Å². The Morgan fingerprint density at radius 1 is 1.00 bits per heavy atom. The van der Waals surface area contributed by atoms with Crippen molar-refractivity contribution in [2.45, 2.75) is 0 Å². The average molecular weight is 344 g/mol. The first-order valence-corrected chi connectivity index (χ1v) is 8.09. The normalized spacial score (nSPS) is 10.7. The molecule has 128 valence electrons. The van der Waals surface area contributed by atoms with E-state index in [1.54, 1.807) is 31.7 Å². The summed E-state index contributed by atoms with van der Waals surface area (Å²) >= 11 is 0. The summed E-state index contributed by atoms with van der Waals surface area (Å²) in [6, 6.07) is 13.4. The maximum Gasteiger partial charge on any atom is 0.271 e. The Bertz CT molecular complexity index is 1140. The monoisotopic (exact) mass is 344 g/mol. The van der Waals surface area contributed by atoms with Gasteiger partial charge in [-0.25, -0.2) is 9.97 Å². The SMILES string of the molecule is CNc1cncc(-c2c[nH]c(=O)c(Nc3ccc4ccccc4n3)c2)n1. The Labute approximate surface area is 149 Å². The van der Waals surface area contributed by atoms with E-state index in [-0.39, 0.29) is 5.56 Å². The zero-order valence-corrected chi connectivity index (χ0v) is 14.0. The summed E-state index contributed by atoms with van der Waals surface area (Å²) in [4.78, 5) is 28.1. The van der Waals surface area contributed by atoms with Crippen molar-refractivity contribution in [2.24, 2.45) is 0 Å². The van der Waals surface area contributed by atoms with Crippen molar-refractivity contribution in [1.82, 2.24) is 19.9 Å². The van der Waals surface area contributed by atoms with Crippen LogP contribution in [0.15, 0.2) is 65.8 Å². The molecule has 4 rings (SSSR count). The summed E-state index contributed by atoms with van der Waals surface area (Å²) in [7, 11) is 1.78. The van der Waals surface area contributed by atoms with E-state index in [0.717, 1.165) is 16.5 Å². The van der Waals surface area contributed by atoms with Gasteiger partial charge < -0.3 is 15.6 Å². The standard InChI is InChI=1S/C19H16N6O/c1-20-18-11-21-10-16(25-18)13-8-15(19(26)22-9-13)24-17-7-6-12-4-2-3-5-14(12)23-17/h2-11H,1H3,(H,20,25)(H,22,26)(H,23,24). The highest BCUT2D eigenvalue weighted by molar-refractivity contribution is 5.80. The Balaban J connectivity index is 1.70. The van der Waals surface area contributed by atoms with Gasteiger partial charge in [0.2, 0.25) is 0 Å². The molecule has 0 bridgehead atoms. The molecule has 0 fully saturated rings. The second kappa shape index (κ2) is 6.64. The first-order valence-electron chi connectivity index (χ1n) is 8.09. The van der Waals surface area contributed by atoms with Crippen LogP contribution in [0, 0.1) is 0 Å². The summed E-state index contributed by atoms with van der Waals surface area (Å²) in [5, 5.41) is 7.07. The lowest BCUT2D eigenvalue weighted by Gasteiger charge is -2.08. The Morgan fingerprint density at radius 3 is 2.77 bits per heavy atom. The number of pyridine rings is 2. The van der Waals surface area contributed by atoms with Crippen molar-refractivity contribution in [3.05, 3.63) is 71.4 Å². The fraction of sp³-hybridized carbons (Fsp3) is 0.0526. The van der Waals surface area contributed by atoms with Crippen LogP contribution >= 0.6 is 0 Å². The van der Waals surface area contributed by atoms with E-state index in [1.165, 1.54) is 0 Å². The van der Waals surface area contributed by atoms with Crippen molar-refractivity contribution >= 4 is 28.2 Å². The van der Waals surface area contributed by atoms with Gasteiger partial charge >= 0.3 is 0 Å². The Hall–Kier alpha value is -3.74. The number of aromatic nitrogens is 4. The largest absolute Gasteiger partial charge is 0.372 e. The smallest absolute Gasteiger partial charge is 0.271 e. The number of nitrogens with zero attached hydrogens (tertiary/aromatic N) is 3. The van der Waals surface area contributed by atoms with Crippen LogP contribution in [0.4, 0.5) is 17.3 Å². The third kappa shape index (κ3) is 3.10. The number of nitrogens with one attached hydrogen (secondary N) is 3. The molecule has 4 aromatic rings. The van der Waals surface area contributed by atoms with Crippen molar-refractivity contribution in [3.63, 3.8) is 0 Å². The average Bonchev–Trinajstić information content (AvgIpc) is 2.69. The summed E-state index contributed by atoms with van der Waals surface area (Å²) < 4.78 is 0. The summed E-state index contributed by atoms with van der Waals surface area (Å²) in [5.41, 5.74) is 2.42. The molecule has 3 heterocycles. The summed E-state index contributed by atoms with van der Waals surface area (Å²) in [5.74, 6) is 1.25. The van der Waals surface area contributed by atoms with Gasteiger partial charge in [-0.2, -0.15) is 0 Å². The molecule has 0 radical (unpaired) electrons. The molecule has 1 aromatic carbocycles. The zero-order valence-electron chi connectivity index (χ0n) is 14.0. The van der Waals surface area contributed by atoms with E-state index < -0.39 is 0 Å². The molecule has 26 heavy (non-hydrogen) atoms. The predicted molar refractivity (Wildman–Crippen MR) is 103 cm³/mol. The number of H-pyrrole nitrogens is 1. The number of anilines is 3. The van der Waals surface area contributed by atoms with Gasteiger partial charge in [-0.1, -0.05) is 18.2 Å². The highest BCUT2D eigenvalue weighted by Crippen LogP contribution is 2.21. The second-order valence-electron chi connectivity index (χ2n) is 5.68. The van der Waals surface area contributed by atoms with Gasteiger partial charge in [0.1, 0.15) is 17.3 Å². The van der Waals surface area contributed by atoms with Crippen LogP contribution in [0.3, 0.4) is 0 Å². The highest BCUT2D eigenvalue weighted by atomic mass is 16.1. The highest BCUT2D eigenvalue weighted by Gasteiger charge is 2.07. The van der Waals surface area contributed by atoms with Crippen LogP contribution in [0.1, 0.15) is 0 Å². The van der Waals surface area contributed by atoms with E-state index in [4.69, 9.17) is 0 Å². The second-order valence-corrected chi connectivity index (χ2v) is 5.68. The number of hydrogen-bond donors (Lipinski definition) is 3. The van der Waals surface area contributed by atoms with E-state index >= 15 is 0 Å². The van der Waals surface area contributed by atoms with Gasteiger partial charge in [-0.05, 0) is 24.3 Å². The molecule has 0 atom stereocenters. The predicted octanol–water partition coefficient (Wildman–Crippen LogP) is 3.17. The first kappa shape index (κ1) is 15.8. The molecule has 3 N–H and O–H groups in total. The van der Waals surface area contributed by atoms with Gasteiger partial charge in [0, 0.05) is 24.2 Å². The minimum atomic E-state index is -0.235. The lowest BCUT2D eigenvalue weighted by molar-refractivity contribution is 1.17. The van der Waals surface area contributed by atoms with E-state index in [9.17, 15) is 4.79 Å². The Morgan fingerprint density at radius 2 is 1.88 bits per heavy atom. The van der Waals surface area contributed by atoms with Crippen LogP contribution in [0.25, 0.3) is 22.2 Å². The molecule has 0 amide bonds. The number of aromatic amines is 1. The van der Waals surface area contributed by atoms with E-state index in [2.05, 4.69) is 30.6 Å². The summed E-state index contributed by atoms with van der Waals surface area (Å²) in [6.07, 6.45) is 4.89. The number of para-hydroxylation sites is 1. The minimum absolute atomic E-state index is 0.235. The maximum atomic E-state index is 12.2. The molecule has 0 aliphatic carbocycles. The van der Waals surface area contributed by atoms with Gasteiger partial charge in [0.05, 0.1) is 23.6 Å². The van der Waals surface area contributed by atoms with Crippen LogP contribution in [-0.2, 0) is 0 Å². The molecule has 0 unspecified atom stereocenters. The van der Waals surface area contributed by atoms with E-state index in [1.807, 2.05) is 36.4 Å².